The summed E-state index contributed by atoms with van der Waals surface area (Å²) < 4.78 is 40.2. The van der Waals surface area contributed by atoms with Gasteiger partial charge in [0.2, 0.25) is 21.3 Å². The number of H-pyrrole nitrogens is 1. The molecule has 0 fully saturated rings. The molecule has 0 saturated carbocycles. The van der Waals surface area contributed by atoms with Crippen LogP contribution in [0, 0.1) is 11.0 Å². The summed E-state index contributed by atoms with van der Waals surface area (Å²) in [6.07, 6.45) is 8.72. The van der Waals surface area contributed by atoms with Gasteiger partial charge in [0.25, 0.3) is 5.91 Å². The van der Waals surface area contributed by atoms with E-state index in [9.17, 15) is 23.5 Å². The lowest BCUT2D eigenvalue weighted by molar-refractivity contribution is -0.812. The van der Waals surface area contributed by atoms with Gasteiger partial charge < -0.3 is 15.3 Å². The van der Waals surface area contributed by atoms with Crippen LogP contribution in [-0.4, -0.2) is 47.0 Å². The second-order valence-electron chi connectivity index (χ2n) is 9.79. The predicted molar refractivity (Wildman–Crippen MR) is 146 cm³/mol. The molecule has 0 bridgehead atoms. The van der Waals surface area contributed by atoms with Crippen molar-refractivity contribution in [2.75, 3.05) is 6.26 Å². The van der Waals surface area contributed by atoms with Crippen molar-refractivity contribution in [3.63, 3.8) is 0 Å². The van der Waals surface area contributed by atoms with Gasteiger partial charge in [0, 0.05) is 32.7 Å². The standard InChI is InChI=1S/C24H22ClFN8O5S2/c1-41(38,39)30-22(35)20-19(26)16(10-40-20)17-8-27-23(29-17)24(36)5-4-12-6-13(9-34(37)21(12)24)15-7-14(25)2-3-18(15)33-11-28-31-32-33/h6-11,31-32,36H,2-5H2,1H3,(H,27,29)(H,30,35)/p+1. The Labute approximate surface area is 241 Å². The second kappa shape index (κ2) is 9.92. The molecule has 3 aromatic rings. The van der Waals surface area contributed by atoms with Gasteiger partial charge in [0.1, 0.15) is 10.7 Å². The van der Waals surface area contributed by atoms with Crippen LogP contribution in [0.2, 0.25) is 0 Å². The Kier molecular flexibility index (Phi) is 6.61. The minimum Gasteiger partial charge on any atom is -0.618 e. The molecule has 13 nitrogen and oxygen atoms in total. The van der Waals surface area contributed by atoms with Crippen molar-refractivity contribution in [2.45, 2.75) is 31.3 Å². The molecule has 6 rings (SSSR count). The molecule has 214 valence electrons. The third-order valence-electron chi connectivity index (χ3n) is 7.02. The summed E-state index contributed by atoms with van der Waals surface area (Å²) in [7, 11) is -3.88. The molecule has 1 aliphatic heterocycles. The Morgan fingerprint density at radius 2 is 2.20 bits per heavy atom. The topological polar surface area (TPSA) is 183 Å². The third kappa shape index (κ3) is 4.87. The summed E-state index contributed by atoms with van der Waals surface area (Å²) in [5.41, 5.74) is 5.84. The molecule has 6 N–H and O–H groups in total. The number of carbonyl (C=O) groups excluding carboxylic acids is 1. The zero-order valence-electron chi connectivity index (χ0n) is 21.3. The first-order valence-electron chi connectivity index (χ1n) is 12.3. The van der Waals surface area contributed by atoms with Crippen LogP contribution in [-0.2, 0) is 22.0 Å². The molecule has 1 unspecified atom stereocenters. The number of hydrazone groups is 1. The monoisotopic (exact) mass is 621 g/mol. The van der Waals surface area contributed by atoms with E-state index in [4.69, 9.17) is 11.6 Å². The van der Waals surface area contributed by atoms with Crippen LogP contribution in [0.25, 0.3) is 16.8 Å². The first-order chi connectivity index (χ1) is 19.4. The summed E-state index contributed by atoms with van der Waals surface area (Å²) in [6.45, 7) is 0. The molecule has 1 atom stereocenters. The largest absolute Gasteiger partial charge is 0.618 e. The number of pyridine rings is 1. The molecule has 0 saturated heterocycles. The van der Waals surface area contributed by atoms with Gasteiger partial charge in [-0.2, -0.15) is 9.74 Å². The quantitative estimate of drug-likeness (QED) is 0.151. The molecular weight excluding hydrogens is 599 g/mol. The number of carbonyl (C=O) groups is 1. The Hall–Kier alpha value is -3.83. The van der Waals surface area contributed by atoms with E-state index in [1.165, 1.54) is 17.8 Å². The normalized spacial score (nSPS) is 20.3. The fourth-order valence-corrected chi connectivity index (χ4v) is 6.76. The van der Waals surface area contributed by atoms with E-state index in [2.05, 4.69) is 20.6 Å². The maximum Gasteiger partial charge on any atom is 0.277 e. The van der Waals surface area contributed by atoms with Crippen molar-refractivity contribution in [2.24, 2.45) is 5.10 Å². The number of nitrogens with two attached hydrogens (primary N) is 1. The van der Waals surface area contributed by atoms with E-state index >= 15 is 4.39 Å². The molecule has 0 radical (unpaired) electrons. The first-order valence-corrected chi connectivity index (χ1v) is 15.4. The van der Waals surface area contributed by atoms with Gasteiger partial charge >= 0.3 is 0 Å². The van der Waals surface area contributed by atoms with E-state index in [-0.39, 0.29) is 29.2 Å². The van der Waals surface area contributed by atoms with E-state index in [1.54, 1.807) is 16.6 Å². The molecular formula is C24H23ClFN8O5S2+. The number of fused-ring (bicyclic) bond motifs is 1. The highest BCUT2D eigenvalue weighted by molar-refractivity contribution is 7.89. The van der Waals surface area contributed by atoms with Crippen LogP contribution in [0.3, 0.4) is 0 Å². The fraction of sp³-hybridized carbons (Fsp3) is 0.250. The minimum atomic E-state index is -3.88. The van der Waals surface area contributed by atoms with Gasteiger partial charge in [0.15, 0.2) is 18.4 Å². The lowest BCUT2D eigenvalue weighted by Crippen LogP contribution is -2.96. The number of aromatic amines is 1. The van der Waals surface area contributed by atoms with Crippen LogP contribution in [0.1, 0.15) is 51.6 Å². The number of hydrogen-bond acceptors (Lipinski definition) is 10. The zero-order chi connectivity index (χ0) is 29.1. The number of quaternary nitrogens is 1. The van der Waals surface area contributed by atoms with Crippen molar-refractivity contribution >= 4 is 50.8 Å². The van der Waals surface area contributed by atoms with E-state index in [0.717, 1.165) is 28.9 Å². The lowest BCUT2D eigenvalue weighted by atomic mass is 9.95. The predicted octanol–water partition coefficient (Wildman–Crippen LogP) is 0.652. The number of sulfonamides is 1. The van der Waals surface area contributed by atoms with Crippen LogP contribution >= 0.6 is 22.9 Å². The highest BCUT2D eigenvalue weighted by Gasteiger charge is 2.48. The maximum absolute atomic E-state index is 15.1. The SMILES string of the molecule is CS(=O)(=O)NC(=O)c1scc(-c2cnc(C3(O)CCc4cc(C5=C(N6C=NN[NH2+]6)CCC(Cl)=C5)c[n+]([O-])c43)[nH]2)c1F. The molecule has 0 aromatic carbocycles. The Morgan fingerprint density at radius 1 is 1.39 bits per heavy atom. The van der Waals surface area contributed by atoms with Crippen molar-refractivity contribution in [3.05, 3.63) is 79.2 Å². The van der Waals surface area contributed by atoms with Crippen molar-refractivity contribution in [1.29, 1.82) is 0 Å². The van der Waals surface area contributed by atoms with Crippen LogP contribution in [0.5, 0.6) is 0 Å². The zero-order valence-corrected chi connectivity index (χ0v) is 23.7. The third-order valence-corrected chi connectivity index (χ3v) is 8.83. The van der Waals surface area contributed by atoms with Crippen molar-refractivity contribution < 1.29 is 33.0 Å². The van der Waals surface area contributed by atoms with Crippen molar-refractivity contribution in [1.82, 2.24) is 25.2 Å². The minimum absolute atomic E-state index is 0.0308. The van der Waals surface area contributed by atoms with Crippen molar-refractivity contribution in [3.8, 4) is 11.3 Å². The number of thiophene rings is 1. The van der Waals surface area contributed by atoms with Gasteiger partial charge in [0.05, 0.1) is 23.8 Å². The van der Waals surface area contributed by atoms with Gasteiger partial charge in [-0.3, -0.25) is 4.79 Å². The van der Waals surface area contributed by atoms with E-state index in [1.807, 2.05) is 17.2 Å². The number of rotatable bonds is 6. The number of hydrogen-bond donors (Lipinski definition) is 5. The molecule has 0 spiro atoms. The Bertz CT molecular complexity index is 1800. The van der Waals surface area contributed by atoms with Crippen LogP contribution in [0.15, 0.2) is 45.7 Å². The van der Waals surface area contributed by atoms with Crippen LogP contribution in [0.4, 0.5) is 4.39 Å². The second-order valence-corrected chi connectivity index (χ2v) is 12.9. The highest BCUT2D eigenvalue weighted by atomic mass is 35.5. The Morgan fingerprint density at radius 3 is 2.93 bits per heavy atom. The number of halogens is 2. The highest BCUT2D eigenvalue weighted by Crippen LogP contribution is 2.42. The summed E-state index contributed by atoms with van der Waals surface area (Å²) in [4.78, 5) is 18.9. The van der Waals surface area contributed by atoms with Gasteiger partial charge in [-0.1, -0.05) is 11.6 Å². The summed E-state index contributed by atoms with van der Waals surface area (Å²) in [5, 5.41) is 32.9. The number of allylic oxidation sites excluding steroid dienone is 4. The number of aryl methyl sites for hydroxylation is 1. The lowest BCUT2D eigenvalue weighted by Gasteiger charge is -2.23. The van der Waals surface area contributed by atoms with E-state index < -0.39 is 32.2 Å². The fourth-order valence-electron chi connectivity index (χ4n) is 5.21. The number of aromatic nitrogens is 3. The molecule has 41 heavy (non-hydrogen) atoms. The maximum atomic E-state index is 15.1. The average Bonchev–Trinajstić information content (AvgIpc) is 3.70. The Balaban J connectivity index is 1.34. The number of nitrogens with zero attached hydrogens (tertiary/aromatic N) is 4. The van der Waals surface area contributed by atoms with Gasteiger partial charge in [-0.15, -0.1) is 27.5 Å². The molecule has 2 aliphatic carbocycles. The summed E-state index contributed by atoms with van der Waals surface area (Å²) in [6, 6.07) is 1.85. The van der Waals surface area contributed by atoms with E-state index in [0.29, 0.717) is 40.2 Å². The summed E-state index contributed by atoms with van der Waals surface area (Å²) >= 11 is 7.09. The molecule has 3 aliphatic rings. The molecule has 3 aromatic heterocycles. The summed E-state index contributed by atoms with van der Waals surface area (Å²) in [5.74, 6) is -2.00. The first kappa shape index (κ1) is 27.3. The smallest absolute Gasteiger partial charge is 0.277 e. The van der Waals surface area contributed by atoms with Gasteiger partial charge in [-0.25, -0.2) is 22.5 Å². The van der Waals surface area contributed by atoms with Gasteiger partial charge in [-0.05, 0) is 37.8 Å². The number of nitrogens with one attached hydrogen (secondary N) is 3. The van der Waals surface area contributed by atoms with Crippen LogP contribution < -0.4 is 20.5 Å². The molecule has 4 heterocycles. The molecule has 1 amide bonds. The average molecular weight is 622 g/mol. The number of aliphatic hydroxyl groups is 1. The number of amides is 1. The molecule has 17 heteroatoms. The number of imidazole rings is 1.